The van der Waals surface area contributed by atoms with E-state index in [0.717, 1.165) is 58.0 Å². The second-order valence-corrected chi connectivity index (χ2v) is 9.69. The molecule has 4 aliphatic heterocycles. The maximum atomic E-state index is 9.19. The van der Waals surface area contributed by atoms with Crippen molar-refractivity contribution in [3.8, 4) is 0 Å². The Hall–Kier alpha value is -0.990. The van der Waals surface area contributed by atoms with E-state index in [1.54, 1.807) is 0 Å². The number of nitrogens with zero attached hydrogens (tertiary/aromatic N) is 4. The zero-order chi connectivity index (χ0) is 19.8. The number of ether oxygens (including phenoxy) is 2. The van der Waals surface area contributed by atoms with Crippen LogP contribution in [0.1, 0.15) is 43.4 Å². The second-order valence-electron chi connectivity index (χ2n) is 9.69. The lowest BCUT2D eigenvalue weighted by molar-refractivity contribution is -0.152. The fraction of sp³-hybridized carbons (Fsp3) is 0.864. The molecule has 4 saturated heterocycles. The van der Waals surface area contributed by atoms with Gasteiger partial charge in [0.25, 0.3) is 0 Å². The van der Waals surface area contributed by atoms with Gasteiger partial charge in [-0.2, -0.15) is 5.10 Å². The molecule has 4 aliphatic rings. The van der Waals surface area contributed by atoms with Gasteiger partial charge in [0.15, 0.2) is 0 Å². The van der Waals surface area contributed by atoms with Crippen LogP contribution in [0.5, 0.6) is 0 Å². The predicted molar refractivity (Wildman–Crippen MR) is 110 cm³/mol. The minimum atomic E-state index is 0.0517. The van der Waals surface area contributed by atoms with Crippen LogP contribution in [-0.2, 0) is 22.6 Å². The number of hydrogen-bond acceptors (Lipinski definition) is 6. The molecule has 162 valence electrons. The summed E-state index contributed by atoms with van der Waals surface area (Å²) in [5, 5.41) is 13.8. The highest BCUT2D eigenvalue weighted by Gasteiger charge is 2.50. The molecule has 0 aromatic carbocycles. The van der Waals surface area contributed by atoms with Gasteiger partial charge >= 0.3 is 0 Å². The lowest BCUT2D eigenvalue weighted by atomic mass is 9.84. The summed E-state index contributed by atoms with van der Waals surface area (Å²) in [6.45, 7) is 9.87. The van der Waals surface area contributed by atoms with Crippen molar-refractivity contribution in [2.45, 2.75) is 69.8 Å². The predicted octanol–water partition coefficient (Wildman–Crippen LogP) is 1.42. The Morgan fingerprint density at radius 2 is 2.03 bits per heavy atom. The zero-order valence-corrected chi connectivity index (χ0v) is 17.8. The highest BCUT2D eigenvalue weighted by molar-refractivity contribution is 5.17. The summed E-state index contributed by atoms with van der Waals surface area (Å²) in [5.74, 6) is 0.709. The van der Waals surface area contributed by atoms with E-state index in [0.29, 0.717) is 24.5 Å². The van der Waals surface area contributed by atoms with E-state index >= 15 is 0 Å². The van der Waals surface area contributed by atoms with Crippen LogP contribution in [0.15, 0.2) is 6.20 Å². The van der Waals surface area contributed by atoms with Crippen molar-refractivity contribution in [2.75, 3.05) is 46.1 Å². The quantitative estimate of drug-likeness (QED) is 0.774. The number of aliphatic hydroxyl groups excluding tert-OH is 1. The molecule has 1 aromatic heterocycles. The van der Waals surface area contributed by atoms with Crippen LogP contribution in [0.25, 0.3) is 0 Å². The minimum Gasteiger partial charge on any atom is -0.394 e. The van der Waals surface area contributed by atoms with E-state index in [-0.39, 0.29) is 12.2 Å². The summed E-state index contributed by atoms with van der Waals surface area (Å²) >= 11 is 0. The summed E-state index contributed by atoms with van der Waals surface area (Å²) in [6, 6.07) is 1.23. The molecule has 1 N–H and O–H groups in total. The molecule has 0 aliphatic carbocycles. The fourth-order valence-electron chi connectivity index (χ4n) is 6.20. The first-order valence-corrected chi connectivity index (χ1v) is 11.5. The lowest BCUT2D eigenvalue weighted by Crippen LogP contribution is -2.60. The van der Waals surface area contributed by atoms with E-state index in [4.69, 9.17) is 9.47 Å². The normalized spacial score (nSPS) is 35.7. The number of aliphatic hydroxyl groups is 1. The van der Waals surface area contributed by atoms with E-state index in [9.17, 15) is 5.11 Å². The van der Waals surface area contributed by atoms with Crippen molar-refractivity contribution in [3.05, 3.63) is 17.5 Å². The number of fused-ring (bicyclic) bond motifs is 2. The van der Waals surface area contributed by atoms with Gasteiger partial charge < -0.3 is 14.6 Å². The number of hydrogen-bond donors (Lipinski definition) is 1. The van der Waals surface area contributed by atoms with Crippen LogP contribution in [0.4, 0.5) is 0 Å². The lowest BCUT2D eigenvalue weighted by Gasteiger charge is -2.51. The summed E-state index contributed by atoms with van der Waals surface area (Å²) in [7, 11) is 0. The smallest absolute Gasteiger partial charge is 0.0839 e. The molecule has 0 amide bonds. The average molecular weight is 405 g/mol. The molecule has 2 unspecified atom stereocenters. The molecule has 7 heteroatoms. The van der Waals surface area contributed by atoms with Gasteiger partial charge in [-0.05, 0) is 44.9 Å². The zero-order valence-electron chi connectivity index (χ0n) is 17.8. The Bertz CT molecular complexity index is 688. The molecule has 7 nitrogen and oxygen atoms in total. The van der Waals surface area contributed by atoms with Gasteiger partial charge in [0.2, 0.25) is 0 Å². The van der Waals surface area contributed by atoms with Crippen molar-refractivity contribution in [3.63, 3.8) is 0 Å². The number of aromatic nitrogens is 2. The minimum absolute atomic E-state index is 0.0517. The molecule has 4 atom stereocenters. The van der Waals surface area contributed by atoms with Crippen LogP contribution in [0.3, 0.4) is 0 Å². The van der Waals surface area contributed by atoms with Crippen LogP contribution in [0, 0.1) is 12.8 Å². The van der Waals surface area contributed by atoms with E-state index in [1.165, 1.54) is 31.4 Å². The number of piperidine rings is 1. The maximum Gasteiger partial charge on any atom is 0.0839 e. The highest BCUT2D eigenvalue weighted by Crippen LogP contribution is 2.44. The maximum absolute atomic E-state index is 9.19. The summed E-state index contributed by atoms with van der Waals surface area (Å²) in [4.78, 5) is 5.37. The second kappa shape index (κ2) is 8.27. The molecule has 1 spiro atoms. The third kappa shape index (κ3) is 4.12. The third-order valence-corrected chi connectivity index (χ3v) is 7.58. The molecule has 5 rings (SSSR count). The Morgan fingerprint density at radius 3 is 2.76 bits per heavy atom. The number of aryl methyl sites for hydroxylation is 1. The van der Waals surface area contributed by atoms with Crippen molar-refractivity contribution < 1.29 is 14.6 Å². The first kappa shape index (κ1) is 19.9. The fourth-order valence-corrected chi connectivity index (χ4v) is 6.20. The topological polar surface area (TPSA) is 63.0 Å². The number of morpholine rings is 1. The molecule has 0 saturated carbocycles. The molecule has 5 heterocycles. The summed E-state index contributed by atoms with van der Waals surface area (Å²) in [5.41, 5.74) is 2.45. The molecular formula is C22H36N4O3. The summed E-state index contributed by atoms with van der Waals surface area (Å²) < 4.78 is 14.0. The Labute approximate surface area is 173 Å². The molecule has 2 bridgehead atoms. The van der Waals surface area contributed by atoms with Crippen molar-refractivity contribution in [2.24, 2.45) is 5.92 Å². The van der Waals surface area contributed by atoms with Crippen molar-refractivity contribution in [1.29, 1.82) is 0 Å². The van der Waals surface area contributed by atoms with Crippen molar-refractivity contribution in [1.82, 2.24) is 19.6 Å². The van der Waals surface area contributed by atoms with E-state index < -0.39 is 0 Å². The van der Waals surface area contributed by atoms with Crippen LogP contribution >= 0.6 is 0 Å². The van der Waals surface area contributed by atoms with Gasteiger partial charge in [-0.15, -0.1) is 0 Å². The number of rotatable bonds is 6. The monoisotopic (exact) mass is 404 g/mol. The van der Waals surface area contributed by atoms with Gasteiger partial charge in [-0.1, -0.05) is 0 Å². The Morgan fingerprint density at radius 1 is 1.21 bits per heavy atom. The molecule has 4 fully saturated rings. The van der Waals surface area contributed by atoms with Crippen LogP contribution in [-0.4, -0.2) is 88.4 Å². The van der Waals surface area contributed by atoms with E-state index in [1.807, 2.05) is 4.68 Å². The SMILES string of the molecule is Cc1nn(CCO)cc1CN1[C@@H]2CC[C@H]1CC1(C2)CN(CC2CCOC2)CCO1. The largest absolute Gasteiger partial charge is 0.394 e. The highest BCUT2D eigenvalue weighted by atomic mass is 16.5. The van der Waals surface area contributed by atoms with Gasteiger partial charge in [0.05, 0.1) is 37.7 Å². The molecule has 29 heavy (non-hydrogen) atoms. The Kier molecular flexibility index (Phi) is 5.69. The van der Waals surface area contributed by atoms with Gasteiger partial charge in [0, 0.05) is 56.6 Å². The Balaban J connectivity index is 1.23. The van der Waals surface area contributed by atoms with Gasteiger partial charge in [-0.3, -0.25) is 14.5 Å². The van der Waals surface area contributed by atoms with Gasteiger partial charge in [-0.25, -0.2) is 0 Å². The van der Waals surface area contributed by atoms with Crippen LogP contribution in [0.2, 0.25) is 0 Å². The molecule has 0 radical (unpaired) electrons. The molecular weight excluding hydrogens is 368 g/mol. The van der Waals surface area contributed by atoms with E-state index in [2.05, 4.69) is 28.0 Å². The molecule has 1 aromatic rings. The van der Waals surface area contributed by atoms with Crippen molar-refractivity contribution >= 4 is 0 Å². The third-order valence-electron chi connectivity index (χ3n) is 7.58. The van der Waals surface area contributed by atoms with Crippen LogP contribution < -0.4 is 0 Å². The summed E-state index contributed by atoms with van der Waals surface area (Å²) in [6.07, 6.45) is 8.23. The average Bonchev–Trinajstić information content (AvgIpc) is 3.37. The van der Waals surface area contributed by atoms with Gasteiger partial charge in [0.1, 0.15) is 0 Å². The first-order valence-electron chi connectivity index (χ1n) is 11.5. The first-order chi connectivity index (χ1) is 14.1. The standard InChI is InChI=1S/C22H36N4O3/c1-17-19(13-25(23-17)5-7-27)14-26-20-2-3-21(26)11-22(10-20)16-24(6-9-29-22)12-18-4-8-28-15-18/h13,18,20-21,27H,2-12,14-16H2,1H3/t18?,20-,21+,22?.